The van der Waals surface area contributed by atoms with Gasteiger partial charge in [-0.15, -0.1) is 0 Å². The maximum Gasteiger partial charge on any atom is 0.329 e. The third kappa shape index (κ3) is 3.46. The number of furan rings is 1. The van der Waals surface area contributed by atoms with E-state index in [0.717, 1.165) is 4.31 Å². The minimum Gasteiger partial charge on any atom is -0.480 e. The van der Waals surface area contributed by atoms with Crippen LogP contribution in [0.4, 0.5) is 0 Å². The second-order valence-electron chi connectivity index (χ2n) is 6.43. The second-order valence-corrected chi connectivity index (χ2v) is 8.51. The maximum atomic E-state index is 12.3. The average Bonchev–Trinajstić information content (AvgIpc) is 3.00. The minimum atomic E-state index is -3.79. The Hall–Kier alpha value is -1.87. The van der Waals surface area contributed by atoms with Crippen molar-refractivity contribution in [3.8, 4) is 0 Å². The summed E-state index contributed by atoms with van der Waals surface area (Å²) >= 11 is 0. The molecule has 0 saturated heterocycles. The van der Waals surface area contributed by atoms with Gasteiger partial charge in [0.25, 0.3) is 15.9 Å². The summed E-state index contributed by atoms with van der Waals surface area (Å²) in [6.07, 6.45) is 2.06. The molecule has 0 spiro atoms. The summed E-state index contributed by atoms with van der Waals surface area (Å²) in [5.41, 5.74) is -1.34. The Bertz CT molecular complexity index is 729. The van der Waals surface area contributed by atoms with Crippen LogP contribution in [0.15, 0.2) is 21.6 Å². The first kappa shape index (κ1) is 18.5. The van der Waals surface area contributed by atoms with E-state index in [1.165, 1.54) is 26.2 Å². The quantitative estimate of drug-likeness (QED) is 0.819. The molecule has 1 heterocycles. The Morgan fingerprint density at radius 1 is 1.29 bits per heavy atom. The van der Waals surface area contributed by atoms with Gasteiger partial charge in [0, 0.05) is 14.1 Å². The van der Waals surface area contributed by atoms with E-state index in [2.05, 4.69) is 5.32 Å². The molecule has 134 valence electrons. The molecule has 1 fully saturated rings. The number of carboxylic acids is 1. The third-order valence-electron chi connectivity index (χ3n) is 4.43. The lowest BCUT2D eigenvalue weighted by Gasteiger charge is -2.36. The van der Waals surface area contributed by atoms with Crippen molar-refractivity contribution < 1.29 is 27.5 Å². The van der Waals surface area contributed by atoms with Crippen molar-refractivity contribution in [2.75, 3.05) is 14.1 Å². The number of nitrogens with zero attached hydrogens (tertiary/aromatic N) is 1. The highest BCUT2D eigenvalue weighted by molar-refractivity contribution is 7.88. The first-order valence-corrected chi connectivity index (χ1v) is 9.11. The van der Waals surface area contributed by atoms with Gasteiger partial charge in [-0.2, -0.15) is 0 Å². The topological polar surface area (TPSA) is 117 Å². The molecule has 0 radical (unpaired) electrons. The Kier molecular flexibility index (Phi) is 5.05. The predicted molar refractivity (Wildman–Crippen MR) is 85.0 cm³/mol. The van der Waals surface area contributed by atoms with Gasteiger partial charge in [0.1, 0.15) is 5.54 Å². The van der Waals surface area contributed by atoms with E-state index in [-0.39, 0.29) is 10.9 Å². The van der Waals surface area contributed by atoms with E-state index in [1.54, 1.807) is 0 Å². The number of amides is 1. The number of aliphatic carboxylic acids is 1. The standard InChI is InChI=1S/C15H22N2O6S/c1-10-6-8-15(9-7-10,14(19)20)16-13(18)11-4-5-12(23-11)24(21,22)17(2)3/h4-5,10H,6-9H2,1-3H3,(H,16,18)(H,19,20). The molecule has 2 N–H and O–H groups in total. The molecule has 1 aliphatic carbocycles. The summed E-state index contributed by atoms with van der Waals surface area (Å²) in [6, 6.07) is 2.41. The Labute approximate surface area is 140 Å². The van der Waals surface area contributed by atoms with Crippen LogP contribution in [-0.2, 0) is 14.8 Å². The first-order chi connectivity index (χ1) is 11.1. The number of carbonyl (C=O) groups excluding carboxylic acids is 1. The van der Waals surface area contributed by atoms with Gasteiger partial charge in [-0.05, 0) is 43.7 Å². The fourth-order valence-electron chi connectivity index (χ4n) is 2.69. The van der Waals surface area contributed by atoms with E-state index in [1.807, 2.05) is 6.92 Å². The van der Waals surface area contributed by atoms with Gasteiger partial charge >= 0.3 is 5.97 Å². The molecule has 0 atom stereocenters. The zero-order valence-corrected chi connectivity index (χ0v) is 14.7. The van der Waals surface area contributed by atoms with Crippen molar-refractivity contribution in [3.63, 3.8) is 0 Å². The summed E-state index contributed by atoms with van der Waals surface area (Å²) in [6.45, 7) is 2.04. The Balaban J connectivity index is 2.20. The molecular weight excluding hydrogens is 336 g/mol. The third-order valence-corrected chi connectivity index (χ3v) is 6.12. The molecule has 1 aromatic heterocycles. The van der Waals surface area contributed by atoms with Crippen LogP contribution >= 0.6 is 0 Å². The van der Waals surface area contributed by atoms with Crippen molar-refractivity contribution in [1.82, 2.24) is 9.62 Å². The largest absolute Gasteiger partial charge is 0.480 e. The summed E-state index contributed by atoms with van der Waals surface area (Å²) in [5, 5.41) is 11.7. The number of rotatable bonds is 5. The molecule has 0 unspecified atom stereocenters. The highest BCUT2D eigenvalue weighted by Gasteiger charge is 2.43. The molecular formula is C15H22N2O6S. The first-order valence-electron chi connectivity index (χ1n) is 7.67. The molecule has 1 saturated carbocycles. The van der Waals surface area contributed by atoms with Gasteiger partial charge in [-0.1, -0.05) is 6.92 Å². The number of hydrogen-bond donors (Lipinski definition) is 2. The van der Waals surface area contributed by atoms with Crippen molar-refractivity contribution in [2.24, 2.45) is 5.92 Å². The van der Waals surface area contributed by atoms with E-state index in [0.29, 0.717) is 31.6 Å². The van der Waals surface area contributed by atoms with Crippen LogP contribution in [0.1, 0.15) is 43.2 Å². The smallest absolute Gasteiger partial charge is 0.329 e. The zero-order chi connectivity index (χ0) is 18.1. The van der Waals surface area contributed by atoms with Crippen molar-refractivity contribution in [1.29, 1.82) is 0 Å². The fourth-order valence-corrected chi connectivity index (χ4v) is 3.48. The van der Waals surface area contributed by atoms with Gasteiger partial charge in [-0.25, -0.2) is 17.5 Å². The van der Waals surface area contributed by atoms with Crippen LogP contribution in [0.3, 0.4) is 0 Å². The molecule has 1 aromatic rings. The van der Waals surface area contributed by atoms with Crippen LogP contribution in [-0.4, -0.2) is 49.3 Å². The monoisotopic (exact) mass is 358 g/mol. The van der Waals surface area contributed by atoms with Crippen LogP contribution < -0.4 is 5.32 Å². The molecule has 9 heteroatoms. The molecule has 0 aliphatic heterocycles. The molecule has 24 heavy (non-hydrogen) atoms. The van der Waals surface area contributed by atoms with Gasteiger partial charge in [-0.3, -0.25) is 4.79 Å². The van der Waals surface area contributed by atoms with Gasteiger partial charge in [0.2, 0.25) is 5.09 Å². The van der Waals surface area contributed by atoms with E-state index >= 15 is 0 Å². The highest BCUT2D eigenvalue weighted by atomic mass is 32.2. The predicted octanol–water partition coefficient (Wildman–Crippen LogP) is 1.29. The van der Waals surface area contributed by atoms with E-state index < -0.39 is 27.4 Å². The lowest BCUT2D eigenvalue weighted by molar-refractivity contribution is -0.146. The number of hydrogen-bond acceptors (Lipinski definition) is 5. The number of nitrogens with one attached hydrogen (secondary N) is 1. The van der Waals surface area contributed by atoms with Crippen molar-refractivity contribution >= 4 is 21.9 Å². The van der Waals surface area contributed by atoms with Crippen LogP contribution in [0.2, 0.25) is 0 Å². The molecule has 8 nitrogen and oxygen atoms in total. The fraction of sp³-hybridized carbons (Fsp3) is 0.600. The molecule has 1 aliphatic rings. The summed E-state index contributed by atoms with van der Waals surface area (Å²) in [7, 11) is -1.10. The zero-order valence-electron chi connectivity index (χ0n) is 13.9. The van der Waals surface area contributed by atoms with E-state index in [4.69, 9.17) is 4.42 Å². The van der Waals surface area contributed by atoms with Gasteiger partial charge in [0.15, 0.2) is 5.76 Å². The molecule has 0 aromatic carbocycles. The second kappa shape index (κ2) is 6.56. The van der Waals surface area contributed by atoms with Gasteiger partial charge in [0.05, 0.1) is 0 Å². The molecule has 0 bridgehead atoms. The highest BCUT2D eigenvalue weighted by Crippen LogP contribution is 2.32. The lowest BCUT2D eigenvalue weighted by Crippen LogP contribution is -2.56. The van der Waals surface area contributed by atoms with Crippen molar-refractivity contribution in [2.45, 2.75) is 43.2 Å². The van der Waals surface area contributed by atoms with Gasteiger partial charge < -0.3 is 14.8 Å². The summed E-state index contributed by atoms with van der Waals surface area (Å²) in [5.74, 6) is -1.63. The average molecular weight is 358 g/mol. The normalized spacial score (nSPS) is 24.8. The SMILES string of the molecule is CC1CCC(NC(=O)c2ccc(S(=O)(=O)N(C)C)o2)(C(=O)O)CC1. The van der Waals surface area contributed by atoms with E-state index in [9.17, 15) is 23.1 Å². The lowest BCUT2D eigenvalue weighted by atomic mass is 9.77. The molecule has 2 rings (SSSR count). The molecule has 1 amide bonds. The number of sulfonamides is 1. The minimum absolute atomic E-state index is 0.227. The Morgan fingerprint density at radius 3 is 2.38 bits per heavy atom. The Morgan fingerprint density at radius 2 is 1.88 bits per heavy atom. The van der Waals surface area contributed by atoms with Crippen LogP contribution in [0.5, 0.6) is 0 Å². The van der Waals surface area contributed by atoms with Crippen LogP contribution in [0.25, 0.3) is 0 Å². The number of carbonyl (C=O) groups is 2. The van der Waals surface area contributed by atoms with Crippen molar-refractivity contribution in [3.05, 3.63) is 17.9 Å². The number of carboxylic acid groups (broad SMARTS) is 1. The maximum absolute atomic E-state index is 12.3. The summed E-state index contributed by atoms with van der Waals surface area (Å²) in [4.78, 5) is 24.0. The summed E-state index contributed by atoms with van der Waals surface area (Å²) < 4.78 is 30.0. The van der Waals surface area contributed by atoms with Crippen LogP contribution in [0, 0.1) is 5.92 Å².